The summed E-state index contributed by atoms with van der Waals surface area (Å²) in [5, 5.41) is 33.0. The van der Waals surface area contributed by atoms with E-state index >= 15 is 0 Å². The van der Waals surface area contributed by atoms with E-state index in [0.29, 0.717) is 0 Å². The van der Waals surface area contributed by atoms with Gasteiger partial charge in [-0.25, -0.2) is 4.79 Å². The second kappa shape index (κ2) is 12.6. The van der Waals surface area contributed by atoms with Gasteiger partial charge in [0.1, 0.15) is 18.1 Å². The van der Waals surface area contributed by atoms with Gasteiger partial charge in [-0.2, -0.15) is 12.6 Å². The summed E-state index contributed by atoms with van der Waals surface area (Å²) >= 11 is 3.92. The third-order valence-corrected chi connectivity index (χ3v) is 4.15. The summed E-state index contributed by atoms with van der Waals surface area (Å²) in [5.41, 5.74) is 5.46. The Kier molecular flexibility index (Phi) is 11.4. The van der Waals surface area contributed by atoms with Crippen LogP contribution < -0.4 is 21.7 Å². The summed E-state index contributed by atoms with van der Waals surface area (Å²) in [6.07, 6.45) is -1.53. The molecule has 170 valence electrons. The molecule has 0 saturated carbocycles. The Labute approximate surface area is 177 Å². The first-order valence-electron chi connectivity index (χ1n) is 8.74. The van der Waals surface area contributed by atoms with E-state index in [-0.39, 0.29) is 5.75 Å². The first-order valence-corrected chi connectivity index (χ1v) is 9.37. The summed E-state index contributed by atoms with van der Waals surface area (Å²) in [4.78, 5) is 69.2. The van der Waals surface area contributed by atoms with Crippen molar-refractivity contribution in [2.45, 2.75) is 50.9 Å². The van der Waals surface area contributed by atoms with Crippen molar-refractivity contribution in [1.29, 1.82) is 0 Å². The van der Waals surface area contributed by atoms with Crippen molar-refractivity contribution < 1.29 is 44.1 Å². The number of thiol groups is 1. The molecule has 0 heterocycles. The van der Waals surface area contributed by atoms with Gasteiger partial charge in [0, 0.05) is 5.75 Å². The molecule has 4 atom stereocenters. The summed E-state index contributed by atoms with van der Waals surface area (Å²) in [5.74, 6) is -7.75. The van der Waals surface area contributed by atoms with Crippen molar-refractivity contribution >= 4 is 48.3 Å². The summed E-state index contributed by atoms with van der Waals surface area (Å²) in [6.45, 7) is 3.16. The molecule has 14 heteroatoms. The van der Waals surface area contributed by atoms with Crippen LogP contribution in [0.3, 0.4) is 0 Å². The smallest absolute Gasteiger partial charge is 0.326 e. The van der Waals surface area contributed by atoms with Crippen LogP contribution in [0.15, 0.2) is 0 Å². The van der Waals surface area contributed by atoms with Crippen LogP contribution in [0.1, 0.15) is 26.7 Å². The molecule has 0 fully saturated rings. The Hall–Kier alpha value is -2.87. The van der Waals surface area contributed by atoms with E-state index in [1.54, 1.807) is 13.8 Å². The molecule has 0 spiro atoms. The number of nitrogens with two attached hydrogens (primary N) is 1. The van der Waals surface area contributed by atoms with Crippen LogP contribution in [0.5, 0.6) is 0 Å². The zero-order chi connectivity index (χ0) is 23.6. The standard InChI is InChI=1S/C16H26N4O9S/c1-6(2)12(20-13(25)7(17)3-10(21)22)15(27)19-9(5-30)14(26)18-8(16(28)29)4-11(23)24/h6-9,12,30H,3-5,17H2,1-2H3,(H,18,26)(H,19,27)(H,20,25)(H,21,22)(H,23,24)(H,28,29). The third kappa shape index (κ3) is 9.56. The second-order valence-electron chi connectivity index (χ2n) is 6.68. The molecule has 0 saturated heterocycles. The molecule has 0 aliphatic carbocycles. The van der Waals surface area contributed by atoms with Crippen LogP contribution in [0.4, 0.5) is 0 Å². The van der Waals surface area contributed by atoms with Gasteiger partial charge in [0.25, 0.3) is 0 Å². The van der Waals surface area contributed by atoms with Crippen molar-refractivity contribution in [3.8, 4) is 0 Å². The van der Waals surface area contributed by atoms with Gasteiger partial charge < -0.3 is 37.0 Å². The lowest BCUT2D eigenvalue weighted by molar-refractivity contribution is -0.147. The van der Waals surface area contributed by atoms with Crippen LogP contribution in [0.2, 0.25) is 0 Å². The molecule has 0 aromatic carbocycles. The van der Waals surface area contributed by atoms with E-state index in [2.05, 4.69) is 23.3 Å². The minimum absolute atomic E-state index is 0.256. The quantitative estimate of drug-likeness (QED) is 0.136. The number of carboxylic acids is 3. The van der Waals surface area contributed by atoms with Gasteiger partial charge >= 0.3 is 17.9 Å². The highest BCUT2D eigenvalue weighted by molar-refractivity contribution is 7.80. The molecular weight excluding hydrogens is 424 g/mol. The number of nitrogens with one attached hydrogen (secondary N) is 3. The van der Waals surface area contributed by atoms with E-state index < -0.39 is 78.6 Å². The Balaban J connectivity index is 5.19. The van der Waals surface area contributed by atoms with Crippen molar-refractivity contribution in [3.63, 3.8) is 0 Å². The predicted molar refractivity (Wildman–Crippen MR) is 105 cm³/mol. The van der Waals surface area contributed by atoms with Crippen LogP contribution in [0.25, 0.3) is 0 Å². The molecule has 0 aliphatic heterocycles. The maximum Gasteiger partial charge on any atom is 0.326 e. The molecule has 0 aliphatic rings. The fraction of sp³-hybridized carbons (Fsp3) is 0.625. The highest BCUT2D eigenvalue weighted by Gasteiger charge is 2.32. The fourth-order valence-corrected chi connectivity index (χ4v) is 2.44. The normalized spacial score (nSPS) is 14.7. The number of carbonyl (C=O) groups excluding carboxylic acids is 3. The van der Waals surface area contributed by atoms with E-state index in [9.17, 15) is 28.8 Å². The minimum atomic E-state index is -1.72. The highest BCUT2D eigenvalue weighted by Crippen LogP contribution is 2.05. The molecule has 13 nitrogen and oxygen atoms in total. The zero-order valence-electron chi connectivity index (χ0n) is 16.3. The molecule has 0 bridgehead atoms. The topological polar surface area (TPSA) is 225 Å². The van der Waals surface area contributed by atoms with Gasteiger partial charge in [0.05, 0.1) is 18.9 Å². The summed E-state index contributed by atoms with van der Waals surface area (Å²) < 4.78 is 0. The molecule has 8 N–H and O–H groups in total. The van der Waals surface area contributed by atoms with Gasteiger partial charge in [-0.15, -0.1) is 0 Å². The van der Waals surface area contributed by atoms with Crippen molar-refractivity contribution in [2.75, 3.05) is 5.75 Å². The first-order chi connectivity index (χ1) is 13.8. The SMILES string of the molecule is CC(C)C(NC(=O)C(N)CC(=O)O)C(=O)NC(CS)C(=O)NC(CC(=O)O)C(=O)O. The minimum Gasteiger partial charge on any atom is -0.481 e. The highest BCUT2D eigenvalue weighted by atomic mass is 32.1. The number of hydrogen-bond acceptors (Lipinski definition) is 8. The average Bonchev–Trinajstić information content (AvgIpc) is 2.61. The lowest BCUT2D eigenvalue weighted by Gasteiger charge is -2.26. The van der Waals surface area contributed by atoms with E-state index in [1.807, 2.05) is 5.32 Å². The maximum atomic E-state index is 12.5. The maximum absolute atomic E-state index is 12.5. The lowest BCUT2D eigenvalue weighted by Crippen LogP contribution is -2.59. The lowest BCUT2D eigenvalue weighted by atomic mass is 10.0. The molecule has 4 unspecified atom stereocenters. The summed E-state index contributed by atoms with van der Waals surface area (Å²) in [6, 6.07) is -5.62. The predicted octanol–water partition coefficient (Wildman–Crippen LogP) is -2.61. The van der Waals surface area contributed by atoms with Crippen LogP contribution >= 0.6 is 12.6 Å². The van der Waals surface area contributed by atoms with E-state index in [4.69, 9.17) is 21.1 Å². The molecule has 3 amide bonds. The number of hydrogen-bond donors (Lipinski definition) is 8. The van der Waals surface area contributed by atoms with Gasteiger partial charge in [0.15, 0.2) is 0 Å². The molecule has 0 aromatic heterocycles. The number of carbonyl (C=O) groups is 6. The zero-order valence-corrected chi connectivity index (χ0v) is 17.2. The number of aliphatic carboxylic acids is 3. The average molecular weight is 450 g/mol. The van der Waals surface area contributed by atoms with Crippen molar-refractivity contribution in [1.82, 2.24) is 16.0 Å². The van der Waals surface area contributed by atoms with Gasteiger partial charge in [0.2, 0.25) is 17.7 Å². The Morgan fingerprint density at radius 1 is 0.800 bits per heavy atom. The van der Waals surface area contributed by atoms with Crippen LogP contribution in [-0.2, 0) is 28.8 Å². The number of rotatable bonds is 13. The van der Waals surface area contributed by atoms with E-state index in [0.717, 1.165) is 0 Å². The second-order valence-corrected chi connectivity index (χ2v) is 7.04. The van der Waals surface area contributed by atoms with Crippen LogP contribution in [0, 0.1) is 5.92 Å². The Morgan fingerprint density at radius 3 is 1.70 bits per heavy atom. The first kappa shape index (κ1) is 27.1. The van der Waals surface area contributed by atoms with Crippen LogP contribution in [-0.4, -0.2) is 80.9 Å². The molecule has 30 heavy (non-hydrogen) atoms. The largest absolute Gasteiger partial charge is 0.481 e. The Morgan fingerprint density at radius 2 is 1.30 bits per heavy atom. The van der Waals surface area contributed by atoms with Crippen molar-refractivity contribution in [3.05, 3.63) is 0 Å². The molecule has 0 aromatic rings. The number of amides is 3. The molecule has 0 rings (SSSR count). The fourth-order valence-electron chi connectivity index (χ4n) is 2.18. The summed E-state index contributed by atoms with van der Waals surface area (Å²) in [7, 11) is 0. The van der Waals surface area contributed by atoms with Gasteiger partial charge in [-0.05, 0) is 5.92 Å². The monoisotopic (exact) mass is 450 g/mol. The van der Waals surface area contributed by atoms with Gasteiger partial charge in [-0.1, -0.05) is 13.8 Å². The van der Waals surface area contributed by atoms with E-state index in [1.165, 1.54) is 0 Å². The van der Waals surface area contributed by atoms with Crippen molar-refractivity contribution in [2.24, 2.45) is 11.7 Å². The molecule has 0 radical (unpaired) electrons. The third-order valence-electron chi connectivity index (χ3n) is 3.79. The number of carboxylic acid groups (broad SMARTS) is 3. The van der Waals surface area contributed by atoms with Gasteiger partial charge in [-0.3, -0.25) is 24.0 Å². The molecular formula is C16H26N4O9S. The Bertz CT molecular complexity index is 686.